The van der Waals surface area contributed by atoms with Crippen LogP contribution in [0.15, 0.2) is 64.6 Å². The molecule has 0 aliphatic heterocycles. The number of carbonyl (C=O) groups is 2. The quantitative estimate of drug-likeness (QED) is 0.359. The second kappa shape index (κ2) is 10.2. The largest absolute Gasteiger partial charge is 0.335 e. The molecule has 0 aliphatic rings. The molecule has 0 unspecified atom stereocenters. The van der Waals surface area contributed by atoms with Gasteiger partial charge in [-0.3, -0.25) is 10.6 Å². The first-order valence-electron chi connectivity index (χ1n) is 8.83. The van der Waals surface area contributed by atoms with Crippen LogP contribution in [0, 0.1) is 0 Å². The number of sulfonamides is 2. The summed E-state index contributed by atoms with van der Waals surface area (Å²) in [4.78, 5) is 34.4. The van der Waals surface area contributed by atoms with E-state index in [1.807, 2.05) is 10.6 Å². The molecule has 4 amide bonds. The molecule has 3 aromatic rings. The fourth-order valence-corrected chi connectivity index (χ4v) is 5.21. The summed E-state index contributed by atoms with van der Waals surface area (Å²) in [5.74, 6) is -0.905. The molecule has 3 rings (SSSR count). The lowest BCUT2D eigenvalue weighted by atomic mass is 10.4. The molecule has 0 atom stereocenters. The summed E-state index contributed by atoms with van der Waals surface area (Å²) in [6, 6.07) is 8.43. The highest BCUT2D eigenvalue weighted by Crippen LogP contribution is 2.21. The third kappa shape index (κ3) is 6.28. The van der Waals surface area contributed by atoms with E-state index in [2.05, 4.69) is 15.0 Å². The molecule has 1 heterocycles. The molecule has 13 nitrogen and oxygen atoms in total. The molecule has 0 radical (unpaired) electrons. The van der Waals surface area contributed by atoms with Gasteiger partial charge in [0, 0.05) is 0 Å². The second-order valence-corrected chi connectivity index (χ2v) is 10.2. The zero-order valence-corrected chi connectivity index (χ0v) is 19.7. The van der Waals surface area contributed by atoms with Crippen LogP contribution in [-0.4, -0.2) is 43.8 Å². The number of nitrogens with zero attached hydrogens (tertiary/aromatic N) is 3. The number of rotatable bonds is 6. The maximum Gasteiger partial charge on any atom is 0.335 e. The molecule has 2 aromatic carbocycles. The number of benzene rings is 2. The Labute approximate surface area is 203 Å². The van der Waals surface area contributed by atoms with Gasteiger partial charge in [0.2, 0.25) is 11.9 Å². The Morgan fingerprint density at radius 3 is 1.44 bits per heavy atom. The SMILES string of the molecule is O=C(Nc1ncnc(NC(=O)NS(=O)(=O)c2ccccc2Cl)n1)NS(=O)(=O)c1ccccc1Cl. The van der Waals surface area contributed by atoms with E-state index in [1.165, 1.54) is 48.5 Å². The van der Waals surface area contributed by atoms with Gasteiger partial charge in [-0.05, 0) is 24.3 Å². The number of carbonyl (C=O) groups excluding carboxylic acids is 2. The smallest absolute Gasteiger partial charge is 0.275 e. The highest BCUT2D eigenvalue weighted by Gasteiger charge is 2.22. The van der Waals surface area contributed by atoms with Crippen molar-refractivity contribution in [3.05, 3.63) is 64.9 Å². The van der Waals surface area contributed by atoms with E-state index in [0.717, 1.165) is 6.33 Å². The summed E-state index contributed by atoms with van der Waals surface area (Å²) in [5, 5.41) is 3.87. The van der Waals surface area contributed by atoms with E-state index >= 15 is 0 Å². The number of urea groups is 2. The van der Waals surface area contributed by atoms with Crippen molar-refractivity contribution in [3.8, 4) is 0 Å². The van der Waals surface area contributed by atoms with Crippen LogP contribution in [0.4, 0.5) is 21.5 Å². The average Bonchev–Trinajstić information content (AvgIpc) is 2.73. The van der Waals surface area contributed by atoms with Gasteiger partial charge in [0.05, 0.1) is 10.0 Å². The van der Waals surface area contributed by atoms with Crippen molar-refractivity contribution in [2.45, 2.75) is 9.79 Å². The van der Waals surface area contributed by atoms with Gasteiger partial charge in [0.1, 0.15) is 16.1 Å². The lowest BCUT2D eigenvalue weighted by Gasteiger charge is -2.10. The highest BCUT2D eigenvalue weighted by molar-refractivity contribution is 7.90. The third-order valence-electron chi connectivity index (χ3n) is 3.73. The molecule has 178 valence electrons. The van der Waals surface area contributed by atoms with Crippen LogP contribution in [0.2, 0.25) is 10.0 Å². The maximum atomic E-state index is 12.3. The zero-order chi connectivity index (χ0) is 24.9. The summed E-state index contributed by atoms with van der Waals surface area (Å²) >= 11 is 11.7. The fraction of sp³-hybridized carbons (Fsp3) is 0. The van der Waals surface area contributed by atoms with Gasteiger partial charge in [-0.15, -0.1) is 0 Å². The van der Waals surface area contributed by atoms with Crippen LogP contribution in [0.1, 0.15) is 0 Å². The number of aromatic nitrogens is 3. The Balaban J connectivity index is 1.66. The van der Waals surface area contributed by atoms with E-state index in [0.29, 0.717) is 0 Å². The number of hydrogen-bond acceptors (Lipinski definition) is 9. The first-order valence-corrected chi connectivity index (χ1v) is 12.6. The summed E-state index contributed by atoms with van der Waals surface area (Å²) < 4.78 is 52.6. The van der Waals surface area contributed by atoms with Crippen molar-refractivity contribution in [3.63, 3.8) is 0 Å². The van der Waals surface area contributed by atoms with Gasteiger partial charge in [-0.1, -0.05) is 47.5 Å². The van der Waals surface area contributed by atoms with Crippen molar-refractivity contribution in [2.75, 3.05) is 10.6 Å². The van der Waals surface area contributed by atoms with Crippen LogP contribution in [0.25, 0.3) is 0 Å². The molecule has 0 spiro atoms. The molecule has 0 aliphatic carbocycles. The number of anilines is 2. The third-order valence-corrected chi connectivity index (χ3v) is 7.39. The molecule has 0 saturated carbocycles. The first-order chi connectivity index (χ1) is 16.0. The average molecular weight is 546 g/mol. The Morgan fingerprint density at radius 2 is 1.06 bits per heavy atom. The van der Waals surface area contributed by atoms with Crippen LogP contribution >= 0.6 is 23.2 Å². The van der Waals surface area contributed by atoms with Gasteiger partial charge in [-0.25, -0.2) is 45.8 Å². The fourth-order valence-electron chi connectivity index (χ4n) is 2.35. The Kier molecular flexibility index (Phi) is 7.51. The Hall–Kier alpha value is -3.53. The van der Waals surface area contributed by atoms with E-state index in [1.54, 1.807) is 9.44 Å². The van der Waals surface area contributed by atoms with E-state index in [-0.39, 0.29) is 19.8 Å². The maximum absolute atomic E-state index is 12.3. The molecule has 1 aromatic heterocycles. The summed E-state index contributed by atoms with van der Waals surface area (Å²) in [5.41, 5.74) is 0. The van der Waals surface area contributed by atoms with Crippen molar-refractivity contribution in [1.82, 2.24) is 24.4 Å². The number of halogens is 2. The minimum atomic E-state index is -4.31. The van der Waals surface area contributed by atoms with Crippen molar-refractivity contribution >= 4 is 67.2 Å². The molecule has 0 fully saturated rings. The summed E-state index contributed by atoms with van der Waals surface area (Å²) in [6.07, 6.45) is 0.878. The van der Waals surface area contributed by atoms with E-state index in [9.17, 15) is 26.4 Å². The van der Waals surface area contributed by atoms with Gasteiger partial charge in [0.15, 0.2) is 0 Å². The molecular formula is C17H13Cl2N7O6S2. The van der Waals surface area contributed by atoms with Crippen molar-refractivity contribution in [2.24, 2.45) is 0 Å². The first kappa shape index (κ1) is 25.1. The monoisotopic (exact) mass is 545 g/mol. The van der Waals surface area contributed by atoms with Crippen LogP contribution in [0.3, 0.4) is 0 Å². The van der Waals surface area contributed by atoms with Gasteiger partial charge < -0.3 is 0 Å². The van der Waals surface area contributed by atoms with Gasteiger partial charge >= 0.3 is 12.1 Å². The van der Waals surface area contributed by atoms with E-state index in [4.69, 9.17) is 23.2 Å². The number of amides is 4. The zero-order valence-electron chi connectivity index (χ0n) is 16.6. The predicted octanol–water partition coefficient (Wildman–Crippen LogP) is 2.20. The van der Waals surface area contributed by atoms with Crippen molar-refractivity contribution < 1.29 is 26.4 Å². The van der Waals surface area contributed by atoms with Gasteiger partial charge in [0.25, 0.3) is 20.0 Å². The normalized spacial score (nSPS) is 11.4. The van der Waals surface area contributed by atoms with Crippen LogP contribution in [0.5, 0.6) is 0 Å². The summed E-state index contributed by atoms with van der Waals surface area (Å²) in [7, 11) is -8.62. The lowest BCUT2D eigenvalue weighted by Crippen LogP contribution is -2.36. The topological polar surface area (TPSA) is 189 Å². The molecule has 34 heavy (non-hydrogen) atoms. The highest BCUT2D eigenvalue weighted by atomic mass is 35.5. The Morgan fingerprint density at radius 1 is 0.676 bits per heavy atom. The number of hydrogen-bond donors (Lipinski definition) is 4. The standard InChI is InChI=1S/C17H13Cl2N7O6S2/c18-10-5-1-3-7-12(10)33(29,30)25-16(27)23-14-20-9-21-15(22-14)24-17(28)26-34(31,32)13-8-4-2-6-11(13)19/h1-9H,(H4,20,21,22,23,24,25,26,27,28). The molecule has 0 saturated heterocycles. The minimum absolute atomic E-state index is 0.104. The van der Waals surface area contributed by atoms with E-state index < -0.39 is 44.0 Å². The van der Waals surface area contributed by atoms with Crippen molar-refractivity contribution in [1.29, 1.82) is 0 Å². The van der Waals surface area contributed by atoms with Gasteiger partial charge in [-0.2, -0.15) is 4.98 Å². The molecule has 4 N–H and O–H groups in total. The van der Waals surface area contributed by atoms with Crippen LogP contribution < -0.4 is 20.1 Å². The number of nitrogens with one attached hydrogen (secondary N) is 4. The lowest BCUT2D eigenvalue weighted by molar-refractivity contribution is 0.255. The summed E-state index contributed by atoms with van der Waals surface area (Å²) in [6.45, 7) is 0. The predicted molar refractivity (Wildman–Crippen MR) is 121 cm³/mol. The van der Waals surface area contributed by atoms with Crippen LogP contribution in [-0.2, 0) is 20.0 Å². The molecular weight excluding hydrogens is 533 g/mol. The molecule has 0 bridgehead atoms. The molecule has 17 heteroatoms. The second-order valence-electron chi connectivity index (χ2n) is 6.11. The Bertz CT molecular complexity index is 1360. The minimum Gasteiger partial charge on any atom is -0.275 e.